The largest absolute Gasteiger partial charge is 0.465 e. The summed E-state index contributed by atoms with van der Waals surface area (Å²) in [6.45, 7) is 13.0. The van der Waals surface area contributed by atoms with Crippen LogP contribution in [0.5, 0.6) is 0 Å². The molecule has 0 radical (unpaired) electrons. The number of carbonyl (C=O) groups is 2. The van der Waals surface area contributed by atoms with Crippen molar-refractivity contribution < 1.29 is 24.2 Å². The van der Waals surface area contributed by atoms with Crippen molar-refractivity contribution in [1.82, 2.24) is 4.90 Å². The summed E-state index contributed by atoms with van der Waals surface area (Å²) in [5.41, 5.74) is 0. The van der Waals surface area contributed by atoms with Crippen molar-refractivity contribution in [2.75, 3.05) is 39.5 Å². The summed E-state index contributed by atoms with van der Waals surface area (Å²) in [6, 6.07) is 0. The molecule has 0 aliphatic heterocycles. The van der Waals surface area contributed by atoms with Crippen LogP contribution in [0.15, 0.2) is 0 Å². The molecule has 2 unspecified atom stereocenters. The number of aliphatic hydroxyl groups is 1. The quantitative estimate of drug-likeness (QED) is 0.0496. The van der Waals surface area contributed by atoms with Crippen molar-refractivity contribution in [2.24, 2.45) is 11.8 Å². The third-order valence-electron chi connectivity index (χ3n) is 11.0. The predicted molar refractivity (Wildman–Crippen MR) is 223 cm³/mol. The van der Waals surface area contributed by atoms with Gasteiger partial charge < -0.3 is 19.5 Å². The smallest absolute Gasteiger partial charge is 0.305 e. The Kier molecular flexibility index (Phi) is 40.1. The Morgan fingerprint density at radius 3 is 1.08 bits per heavy atom. The zero-order chi connectivity index (χ0) is 38.2. The van der Waals surface area contributed by atoms with Crippen molar-refractivity contribution in [3.05, 3.63) is 0 Å². The summed E-state index contributed by atoms with van der Waals surface area (Å²) >= 11 is 0. The normalized spacial score (nSPS) is 12.7. The minimum Gasteiger partial charge on any atom is -0.465 e. The first-order valence-electron chi connectivity index (χ1n) is 23.1. The molecule has 0 aromatic rings. The number of nitrogens with zero attached hydrogens (tertiary/aromatic N) is 1. The van der Waals surface area contributed by atoms with Gasteiger partial charge in [-0.05, 0) is 76.3 Å². The maximum absolute atomic E-state index is 12.5. The first-order valence-corrected chi connectivity index (χ1v) is 23.1. The highest BCUT2D eigenvalue weighted by Crippen LogP contribution is 2.21. The number of ether oxygens (including phenoxy) is 2. The van der Waals surface area contributed by atoms with E-state index in [0.29, 0.717) is 44.4 Å². The van der Waals surface area contributed by atoms with Crippen molar-refractivity contribution >= 4 is 11.9 Å². The van der Waals surface area contributed by atoms with Gasteiger partial charge in [-0.15, -0.1) is 0 Å². The van der Waals surface area contributed by atoms with Crippen LogP contribution >= 0.6 is 0 Å². The van der Waals surface area contributed by atoms with Gasteiger partial charge in [-0.25, -0.2) is 0 Å². The molecule has 0 saturated carbocycles. The Bertz CT molecular complexity index is 688. The molecule has 0 spiro atoms. The zero-order valence-corrected chi connectivity index (χ0v) is 35.6. The first-order chi connectivity index (χ1) is 25.5. The first kappa shape index (κ1) is 50.9. The molecule has 0 heterocycles. The molecule has 310 valence electrons. The van der Waals surface area contributed by atoms with E-state index < -0.39 is 0 Å². The number of aliphatic hydroxyl groups excluding tert-OH is 1. The van der Waals surface area contributed by atoms with Crippen LogP contribution in [0.4, 0.5) is 0 Å². The molecule has 0 aromatic carbocycles. The van der Waals surface area contributed by atoms with Crippen LogP contribution in [0, 0.1) is 11.8 Å². The molecule has 0 fully saturated rings. The van der Waals surface area contributed by atoms with Crippen LogP contribution in [-0.4, -0.2) is 61.4 Å². The molecule has 0 bridgehead atoms. The number of hydrogen-bond acceptors (Lipinski definition) is 6. The second-order valence-electron chi connectivity index (χ2n) is 16.1. The summed E-state index contributed by atoms with van der Waals surface area (Å²) in [5, 5.41) is 9.60. The number of rotatable bonds is 42. The molecule has 2 atom stereocenters. The lowest BCUT2D eigenvalue weighted by atomic mass is 9.95. The fourth-order valence-corrected chi connectivity index (χ4v) is 7.37. The third kappa shape index (κ3) is 35.9. The van der Waals surface area contributed by atoms with E-state index in [1.165, 1.54) is 154 Å². The lowest BCUT2D eigenvalue weighted by molar-refractivity contribution is -0.146. The molecule has 6 heteroatoms. The van der Waals surface area contributed by atoms with Gasteiger partial charge in [0, 0.05) is 19.4 Å². The SMILES string of the molecule is CCCCCCCCC(CCCCCC)COC(=O)CCCCCN(CCO)CCCCCC(=O)OCC(CCCCCC)CCCCCCCC. The summed E-state index contributed by atoms with van der Waals surface area (Å²) in [7, 11) is 0. The molecule has 0 aliphatic rings. The van der Waals surface area contributed by atoms with Crippen LogP contribution in [0.1, 0.15) is 233 Å². The minimum absolute atomic E-state index is 0.0347. The average Bonchev–Trinajstić information content (AvgIpc) is 3.14. The van der Waals surface area contributed by atoms with E-state index in [0.717, 1.165) is 51.6 Å². The standard InChI is InChI=1S/C46H91NO5/c1-5-9-13-17-19-25-33-43(31-23-15-11-7-3)41-51-45(49)35-27-21-29-37-47(39-40-48)38-30-22-28-36-46(50)52-42-44(32-24-16-12-8-4)34-26-20-18-14-10-6-2/h43-44,48H,5-42H2,1-4H3. The van der Waals surface area contributed by atoms with E-state index >= 15 is 0 Å². The Hall–Kier alpha value is -1.14. The summed E-state index contributed by atoms with van der Waals surface area (Å²) in [6.07, 6.45) is 37.5. The third-order valence-corrected chi connectivity index (χ3v) is 11.0. The number of carbonyl (C=O) groups excluding carboxylic acids is 2. The van der Waals surface area contributed by atoms with Gasteiger partial charge in [-0.1, -0.05) is 169 Å². The molecule has 52 heavy (non-hydrogen) atoms. The van der Waals surface area contributed by atoms with Crippen molar-refractivity contribution in [3.63, 3.8) is 0 Å². The highest BCUT2D eigenvalue weighted by Gasteiger charge is 2.14. The second kappa shape index (κ2) is 41.0. The Morgan fingerprint density at radius 2 is 0.731 bits per heavy atom. The van der Waals surface area contributed by atoms with E-state index in [2.05, 4.69) is 32.6 Å². The molecular weight excluding hydrogens is 647 g/mol. The van der Waals surface area contributed by atoms with E-state index in [-0.39, 0.29) is 18.5 Å². The van der Waals surface area contributed by atoms with E-state index in [4.69, 9.17) is 9.47 Å². The van der Waals surface area contributed by atoms with Crippen LogP contribution in [-0.2, 0) is 19.1 Å². The van der Waals surface area contributed by atoms with Crippen molar-refractivity contribution in [2.45, 2.75) is 233 Å². The molecule has 6 nitrogen and oxygen atoms in total. The molecule has 0 aromatic heterocycles. The zero-order valence-electron chi connectivity index (χ0n) is 35.6. The lowest BCUT2D eigenvalue weighted by Gasteiger charge is -2.21. The monoisotopic (exact) mass is 738 g/mol. The highest BCUT2D eigenvalue weighted by molar-refractivity contribution is 5.69. The average molecular weight is 738 g/mol. The van der Waals surface area contributed by atoms with Crippen molar-refractivity contribution in [1.29, 1.82) is 0 Å². The Balaban J connectivity index is 4.22. The minimum atomic E-state index is -0.0347. The predicted octanol–water partition coefficient (Wildman–Crippen LogP) is 13.2. The number of esters is 2. The van der Waals surface area contributed by atoms with Crippen LogP contribution in [0.2, 0.25) is 0 Å². The lowest BCUT2D eigenvalue weighted by Crippen LogP contribution is -2.29. The van der Waals surface area contributed by atoms with Gasteiger partial charge in [0.15, 0.2) is 0 Å². The topological polar surface area (TPSA) is 76.1 Å². The van der Waals surface area contributed by atoms with Gasteiger partial charge in [0.05, 0.1) is 19.8 Å². The molecule has 0 saturated heterocycles. The number of unbranched alkanes of at least 4 members (excludes halogenated alkanes) is 20. The summed E-state index contributed by atoms with van der Waals surface area (Å²) in [5.74, 6) is 0.962. The fourth-order valence-electron chi connectivity index (χ4n) is 7.37. The molecule has 1 N–H and O–H groups in total. The molecular formula is C46H91NO5. The van der Waals surface area contributed by atoms with Gasteiger partial charge in [0.2, 0.25) is 0 Å². The summed E-state index contributed by atoms with van der Waals surface area (Å²) < 4.78 is 11.6. The molecule has 0 rings (SSSR count). The van der Waals surface area contributed by atoms with E-state index in [1.54, 1.807) is 0 Å². The van der Waals surface area contributed by atoms with Crippen LogP contribution < -0.4 is 0 Å². The fraction of sp³-hybridized carbons (Fsp3) is 0.957. The van der Waals surface area contributed by atoms with Gasteiger partial charge in [-0.3, -0.25) is 9.59 Å². The second-order valence-corrected chi connectivity index (χ2v) is 16.1. The van der Waals surface area contributed by atoms with E-state index in [9.17, 15) is 14.7 Å². The van der Waals surface area contributed by atoms with Gasteiger partial charge >= 0.3 is 11.9 Å². The molecule has 0 amide bonds. The maximum atomic E-state index is 12.5. The Labute approximate surface area is 324 Å². The van der Waals surface area contributed by atoms with Gasteiger partial charge in [0.25, 0.3) is 0 Å². The molecule has 0 aliphatic carbocycles. The van der Waals surface area contributed by atoms with Crippen LogP contribution in [0.25, 0.3) is 0 Å². The van der Waals surface area contributed by atoms with E-state index in [1.807, 2.05) is 0 Å². The Morgan fingerprint density at radius 1 is 0.423 bits per heavy atom. The maximum Gasteiger partial charge on any atom is 0.305 e. The van der Waals surface area contributed by atoms with Gasteiger partial charge in [-0.2, -0.15) is 0 Å². The highest BCUT2D eigenvalue weighted by atomic mass is 16.5. The van der Waals surface area contributed by atoms with Crippen molar-refractivity contribution in [3.8, 4) is 0 Å². The van der Waals surface area contributed by atoms with Crippen LogP contribution in [0.3, 0.4) is 0 Å². The number of hydrogen-bond donors (Lipinski definition) is 1. The van der Waals surface area contributed by atoms with Gasteiger partial charge in [0.1, 0.15) is 0 Å². The summed E-state index contributed by atoms with van der Waals surface area (Å²) in [4.78, 5) is 27.4.